The zero-order valence-corrected chi connectivity index (χ0v) is 17.7. The Balaban J connectivity index is 0.00000140. The summed E-state index contributed by atoms with van der Waals surface area (Å²) in [4.78, 5) is 9.90. The molecule has 2 N–H and O–H groups in total. The van der Waals surface area contributed by atoms with Gasteiger partial charge in [0.2, 0.25) is 0 Å². The quantitative estimate of drug-likeness (QED) is 0.551. The normalized spacial score (nSPS) is 16.0. The SMILES string of the molecule is Cl.Cl.Fc1ccc(-c2cnc(Nc3ccc(CC4CCCNC4)cn3)s2)cc1. The first-order chi connectivity index (χ1) is 12.8. The zero-order valence-electron chi connectivity index (χ0n) is 15.2. The zero-order chi connectivity index (χ0) is 17.8. The van der Waals surface area contributed by atoms with Crippen LogP contribution in [0.1, 0.15) is 18.4 Å². The summed E-state index contributed by atoms with van der Waals surface area (Å²) in [7, 11) is 0. The van der Waals surface area contributed by atoms with Crippen molar-refractivity contribution >= 4 is 47.1 Å². The number of nitrogens with one attached hydrogen (secondary N) is 2. The van der Waals surface area contributed by atoms with Crippen LogP contribution in [0.4, 0.5) is 15.3 Å². The molecule has 1 atom stereocenters. The molecule has 0 aliphatic carbocycles. The van der Waals surface area contributed by atoms with Gasteiger partial charge in [-0.3, -0.25) is 0 Å². The number of halogens is 3. The number of hydrogen-bond acceptors (Lipinski definition) is 5. The van der Waals surface area contributed by atoms with E-state index in [-0.39, 0.29) is 30.6 Å². The van der Waals surface area contributed by atoms with Crippen LogP contribution < -0.4 is 10.6 Å². The summed E-state index contributed by atoms with van der Waals surface area (Å²) in [6.45, 7) is 2.25. The van der Waals surface area contributed by atoms with Gasteiger partial charge >= 0.3 is 0 Å². The smallest absolute Gasteiger partial charge is 0.188 e. The fraction of sp³-hybridized carbons (Fsp3) is 0.300. The van der Waals surface area contributed by atoms with Crippen molar-refractivity contribution in [2.75, 3.05) is 18.4 Å². The summed E-state index contributed by atoms with van der Waals surface area (Å²) >= 11 is 1.53. The van der Waals surface area contributed by atoms with Gasteiger partial charge < -0.3 is 10.6 Å². The van der Waals surface area contributed by atoms with Crippen molar-refractivity contribution in [2.45, 2.75) is 19.3 Å². The van der Waals surface area contributed by atoms with Crippen molar-refractivity contribution in [3.63, 3.8) is 0 Å². The predicted octanol–water partition coefficient (Wildman–Crippen LogP) is 5.47. The number of anilines is 2. The third-order valence-corrected chi connectivity index (χ3v) is 5.58. The van der Waals surface area contributed by atoms with Gasteiger partial charge in [-0.15, -0.1) is 24.8 Å². The molecule has 1 aliphatic rings. The first-order valence-corrected chi connectivity index (χ1v) is 9.72. The molecule has 1 unspecified atom stereocenters. The Morgan fingerprint density at radius 1 is 1.07 bits per heavy atom. The molecule has 0 bridgehead atoms. The Labute approximate surface area is 180 Å². The van der Waals surface area contributed by atoms with E-state index >= 15 is 0 Å². The van der Waals surface area contributed by atoms with Gasteiger partial charge in [-0.05, 0) is 67.6 Å². The Morgan fingerprint density at radius 3 is 2.57 bits per heavy atom. The first-order valence-electron chi connectivity index (χ1n) is 8.91. The third-order valence-electron chi connectivity index (χ3n) is 4.62. The van der Waals surface area contributed by atoms with Crippen molar-refractivity contribution in [3.05, 3.63) is 60.2 Å². The second-order valence-electron chi connectivity index (χ2n) is 6.63. The van der Waals surface area contributed by atoms with Crippen LogP contribution in [0.3, 0.4) is 0 Å². The number of hydrogen-bond donors (Lipinski definition) is 2. The number of aromatic nitrogens is 2. The van der Waals surface area contributed by atoms with Crippen molar-refractivity contribution in [1.82, 2.24) is 15.3 Å². The molecule has 4 rings (SSSR count). The van der Waals surface area contributed by atoms with E-state index in [4.69, 9.17) is 0 Å². The highest BCUT2D eigenvalue weighted by Gasteiger charge is 2.13. The highest BCUT2D eigenvalue weighted by molar-refractivity contribution is 7.18. The number of thiazole rings is 1. The minimum absolute atomic E-state index is 0. The van der Waals surface area contributed by atoms with Crippen LogP contribution >= 0.6 is 36.2 Å². The maximum atomic E-state index is 13.0. The summed E-state index contributed by atoms with van der Waals surface area (Å²) in [6.07, 6.45) is 7.37. The lowest BCUT2D eigenvalue weighted by molar-refractivity contribution is 0.376. The number of nitrogens with zero attached hydrogens (tertiary/aromatic N) is 2. The second kappa shape index (κ2) is 10.7. The molecular formula is C20H23Cl2FN4S. The fourth-order valence-electron chi connectivity index (χ4n) is 3.24. The number of benzene rings is 1. The topological polar surface area (TPSA) is 49.8 Å². The Kier molecular flexibility index (Phi) is 8.63. The average Bonchev–Trinajstić information content (AvgIpc) is 3.13. The largest absolute Gasteiger partial charge is 0.316 e. The van der Waals surface area contributed by atoms with Crippen molar-refractivity contribution in [2.24, 2.45) is 5.92 Å². The minimum Gasteiger partial charge on any atom is -0.316 e. The lowest BCUT2D eigenvalue weighted by atomic mass is 9.93. The fourth-order valence-corrected chi connectivity index (χ4v) is 4.07. The number of piperidine rings is 1. The van der Waals surface area contributed by atoms with Crippen LogP contribution in [0.15, 0.2) is 48.8 Å². The third kappa shape index (κ3) is 5.88. The van der Waals surface area contributed by atoms with Crippen LogP contribution in [-0.4, -0.2) is 23.1 Å². The maximum absolute atomic E-state index is 13.0. The molecule has 1 aromatic carbocycles. The lowest BCUT2D eigenvalue weighted by Crippen LogP contribution is -2.30. The van der Waals surface area contributed by atoms with Crippen molar-refractivity contribution < 1.29 is 4.39 Å². The Bertz CT molecular complexity index is 849. The van der Waals surface area contributed by atoms with Gasteiger partial charge in [-0.1, -0.05) is 29.5 Å². The molecular weight excluding hydrogens is 418 g/mol. The van der Waals surface area contributed by atoms with E-state index in [1.165, 1.54) is 41.9 Å². The predicted molar refractivity (Wildman–Crippen MR) is 119 cm³/mol. The molecule has 3 heterocycles. The van der Waals surface area contributed by atoms with Crippen LogP contribution in [-0.2, 0) is 6.42 Å². The van der Waals surface area contributed by atoms with Gasteiger partial charge in [0.1, 0.15) is 11.6 Å². The summed E-state index contributed by atoms with van der Waals surface area (Å²) < 4.78 is 13.0. The van der Waals surface area contributed by atoms with Gasteiger partial charge in [0, 0.05) is 12.4 Å². The van der Waals surface area contributed by atoms with E-state index < -0.39 is 0 Å². The van der Waals surface area contributed by atoms with E-state index in [9.17, 15) is 4.39 Å². The lowest BCUT2D eigenvalue weighted by Gasteiger charge is -2.22. The molecule has 28 heavy (non-hydrogen) atoms. The second-order valence-corrected chi connectivity index (χ2v) is 7.66. The highest BCUT2D eigenvalue weighted by Crippen LogP contribution is 2.30. The maximum Gasteiger partial charge on any atom is 0.188 e. The molecule has 0 spiro atoms. The van der Waals surface area contributed by atoms with E-state index in [1.54, 1.807) is 18.3 Å². The molecule has 0 saturated carbocycles. The van der Waals surface area contributed by atoms with Crippen molar-refractivity contribution in [3.8, 4) is 10.4 Å². The van der Waals surface area contributed by atoms with E-state index in [1.807, 2.05) is 12.3 Å². The summed E-state index contributed by atoms with van der Waals surface area (Å²) in [5, 5.41) is 7.48. The Morgan fingerprint density at radius 2 is 1.89 bits per heavy atom. The number of pyridine rings is 1. The molecule has 3 aromatic rings. The molecule has 8 heteroatoms. The Hall–Kier alpha value is -1.73. The first kappa shape index (κ1) is 22.6. The standard InChI is InChI=1S/C20H21FN4S.2ClH/c21-17-6-4-16(5-7-17)18-13-24-20(26-18)25-19-8-3-15(12-23-19)10-14-2-1-9-22-11-14;;/h3-8,12-14,22H,1-2,9-11H2,(H,23,24,25);2*1H. The molecule has 4 nitrogen and oxygen atoms in total. The van der Waals surface area contributed by atoms with Gasteiger partial charge in [0.15, 0.2) is 5.13 Å². The molecule has 1 aliphatic heterocycles. The van der Waals surface area contributed by atoms with Crippen molar-refractivity contribution in [1.29, 1.82) is 0 Å². The van der Waals surface area contributed by atoms with E-state index in [0.717, 1.165) is 40.9 Å². The molecule has 0 amide bonds. The van der Waals surface area contributed by atoms with E-state index in [0.29, 0.717) is 5.92 Å². The van der Waals surface area contributed by atoms with Crippen LogP contribution in [0, 0.1) is 11.7 Å². The molecule has 2 aromatic heterocycles. The van der Waals surface area contributed by atoms with Crippen LogP contribution in [0.2, 0.25) is 0 Å². The molecule has 1 saturated heterocycles. The molecule has 0 radical (unpaired) electrons. The average molecular weight is 441 g/mol. The van der Waals surface area contributed by atoms with Gasteiger partial charge in [-0.25, -0.2) is 14.4 Å². The highest BCUT2D eigenvalue weighted by atomic mass is 35.5. The minimum atomic E-state index is -0.232. The summed E-state index contributed by atoms with van der Waals surface area (Å²) in [5.74, 6) is 1.27. The molecule has 150 valence electrons. The van der Waals surface area contributed by atoms with E-state index in [2.05, 4.69) is 26.7 Å². The molecule has 1 fully saturated rings. The van der Waals surface area contributed by atoms with Gasteiger partial charge in [-0.2, -0.15) is 0 Å². The van der Waals surface area contributed by atoms with Gasteiger partial charge in [0.25, 0.3) is 0 Å². The number of rotatable bonds is 5. The van der Waals surface area contributed by atoms with Gasteiger partial charge in [0.05, 0.1) is 4.88 Å². The summed E-state index contributed by atoms with van der Waals surface area (Å²) in [6, 6.07) is 10.6. The monoisotopic (exact) mass is 440 g/mol. The van der Waals surface area contributed by atoms with Crippen LogP contribution in [0.5, 0.6) is 0 Å². The summed E-state index contributed by atoms with van der Waals surface area (Å²) in [5.41, 5.74) is 2.23. The van der Waals surface area contributed by atoms with Crippen LogP contribution in [0.25, 0.3) is 10.4 Å².